The van der Waals surface area contributed by atoms with Gasteiger partial charge in [0.25, 0.3) is 0 Å². The van der Waals surface area contributed by atoms with E-state index in [1.807, 2.05) is 73.9 Å². The van der Waals surface area contributed by atoms with E-state index in [1.54, 1.807) is 0 Å². The SMILES string of the molecule is Cc1ccc(-c2n[nH]c(=S)n2CCC(=O)NCc2cccc(NC(=O)CC(C)C)c2)cc1. The summed E-state index contributed by atoms with van der Waals surface area (Å²) in [5, 5.41) is 13.0. The number of amides is 2. The molecule has 0 saturated heterocycles. The Bertz CT molecular complexity index is 1130. The molecule has 0 radical (unpaired) electrons. The zero-order valence-corrected chi connectivity index (χ0v) is 19.5. The molecule has 0 saturated carbocycles. The number of hydrogen-bond donors (Lipinski definition) is 3. The van der Waals surface area contributed by atoms with Gasteiger partial charge < -0.3 is 10.6 Å². The van der Waals surface area contributed by atoms with Crippen molar-refractivity contribution in [3.63, 3.8) is 0 Å². The molecule has 0 fully saturated rings. The van der Waals surface area contributed by atoms with Crippen molar-refractivity contribution in [3.05, 3.63) is 64.4 Å². The van der Waals surface area contributed by atoms with E-state index in [-0.39, 0.29) is 18.2 Å². The minimum atomic E-state index is -0.0859. The van der Waals surface area contributed by atoms with Gasteiger partial charge in [-0.25, -0.2) is 0 Å². The summed E-state index contributed by atoms with van der Waals surface area (Å²) in [6, 6.07) is 15.5. The van der Waals surface area contributed by atoms with E-state index in [1.165, 1.54) is 0 Å². The molecule has 0 aliphatic heterocycles. The number of H-pyrrole nitrogens is 1. The van der Waals surface area contributed by atoms with Crippen molar-refractivity contribution in [3.8, 4) is 11.4 Å². The molecule has 0 aliphatic carbocycles. The molecule has 1 heterocycles. The largest absolute Gasteiger partial charge is 0.352 e. The van der Waals surface area contributed by atoms with E-state index >= 15 is 0 Å². The third kappa shape index (κ3) is 6.62. The number of anilines is 1. The molecule has 1 aromatic heterocycles. The molecule has 0 bridgehead atoms. The van der Waals surface area contributed by atoms with E-state index in [0.717, 1.165) is 22.4 Å². The normalized spacial score (nSPS) is 10.9. The Kier molecular flexibility index (Phi) is 7.94. The summed E-state index contributed by atoms with van der Waals surface area (Å²) in [6.45, 7) is 6.85. The average molecular weight is 452 g/mol. The Labute approximate surface area is 193 Å². The molecule has 168 valence electrons. The van der Waals surface area contributed by atoms with Crippen molar-refractivity contribution >= 4 is 29.7 Å². The van der Waals surface area contributed by atoms with Crippen molar-refractivity contribution < 1.29 is 9.59 Å². The third-order valence-electron chi connectivity index (χ3n) is 4.92. The first-order chi connectivity index (χ1) is 15.3. The molecule has 2 aromatic carbocycles. The third-order valence-corrected chi connectivity index (χ3v) is 5.24. The monoisotopic (exact) mass is 451 g/mol. The fourth-order valence-corrected chi connectivity index (χ4v) is 3.52. The molecule has 3 rings (SSSR count). The number of carbonyl (C=O) groups is 2. The number of aromatic amines is 1. The standard InChI is InChI=1S/C24H29N5O2S/c1-16(2)13-22(31)26-20-6-4-5-18(14-20)15-25-21(30)11-12-29-23(27-28-24(29)32)19-9-7-17(3)8-10-19/h4-10,14,16H,11-13,15H2,1-3H3,(H,25,30)(H,26,31)(H,28,32). The number of aromatic nitrogens is 3. The Morgan fingerprint density at radius 1 is 1.12 bits per heavy atom. The van der Waals surface area contributed by atoms with Crippen molar-refractivity contribution in [2.45, 2.75) is 46.7 Å². The molecule has 3 aromatic rings. The van der Waals surface area contributed by atoms with Crippen LogP contribution in [0, 0.1) is 17.6 Å². The molecule has 0 unspecified atom stereocenters. The van der Waals surface area contributed by atoms with Crippen LogP contribution in [0.15, 0.2) is 48.5 Å². The minimum Gasteiger partial charge on any atom is -0.352 e. The van der Waals surface area contributed by atoms with Gasteiger partial charge in [0.1, 0.15) is 0 Å². The number of hydrogen-bond acceptors (Lipinski definition) is 4. The van der Waals surface area contributed by atoms with Gasteiger partial charge in [0, 0.05) is 37.2 Å². The molecular formula is C24H29N5O2S. The number of nitrogens with one attached hydrogen (secondary N) is 3. The van der Waals surface area contributed by atoms with Gasteiger partial charge in [0.2, 0.25) is 11.8 Å². The number of nitrogens with zero attached hydrogens (tertiary/aromatic N) is 2. The fourth-order valence-electron chi connectivity index (χ4n) is 3.29. The first-order valence-corrected chi connectivity index (χ1v) is 11.1. The van der Waals surface area contributed by atoms with Crippen molar-refractivity contribution in [1.82, 2.24) is 20.1 Å². The molecule has 32 heavy (non-hydrogen) atoms. The van der Waals surface area contributed by atoms with Crippen LogP contribution in [0.25, 0.3) is 11.4 Å². The zero-order valence-electron chi connectivity index (χ0n) is 18.6. The molecule has 3 N–H and O–H groups in total. The smallest absolute Gasteiger partial charge is 0.224 e. The number of aryl methyl sites for hydroxylation is 1. The highest BCUT2D eigenvalue weighted by atomic mass is 32.1. The second-order valence-corrected chi connectivity index (χ2v) is 8.63. The van der Waals surface area contributed by atoms with Crippen LogP contribution in [-0.2, 0) is 22.7 Å². The number of carbonyl (C=O) groups excluding carboxylic acids is 2. The number of benzene rings is 2. The molecule has 8 heteroatoms. The van der Waals surface area contributed by atoms with Crippen LogP contribution in [0.1, 0.15) is 37.8 Å². The first kappa shape index (κ1) is 23.4. The van der Waals surface area contributed by atoms with Gasteiger partial charge in [-0.3, -0.25) is 19.3 Å². The van der Waals surface area contributed by atoms with Crippen LogP contribution in [-0.4, -0.2) is 26.6 Å². The molecule has 2 amide bonds. The molecule has 7 nitrogen and oxygen atoms in total. The summed E-state index contributed by atoms with van der Waals surface area (Å²) in [5.74, 6) is 0.917. The molecular weight excluding hydrogens is 422 g/mol. The van der Waals surface area contributed by atoms with Gasteiger partial charge in [-0.2, -0.15) is 5.10 Å². The first-order valence-electron chi connectivity index (χ1n) is 10.7. The lowest BCUT2D eigenvalue weighted by Gasteiger charge is -2.10. The van der Waals surface area contributed by atoms with Gasteiger partial charge >= 0.3 is 0 Å². The summed E-state index contributed by atoms with van der Waals surface area (Å²) < 4.78 is 2.32. The Morgan fingerprint density at radius 3 is 2.59 bits per heavy atom. The van der Waals surface area contributed by atoms with Crippen molar-refractivity contribution in [2.24, 2.45) is 5.92 Å². The van der Waals surface area contributed by atoms with Gasteiger partial charge in [-0.1, -0.05) is 55.8 Å². The minimum absolute atomic E-state index is 0.0116. The lowest BCUT2D eigenvalue weighted by molar-refractivity contribution is -0.121. The Hall–Kier alpha value is -3.26. The lowest BCUT2D eigenvalue weighted by Crippen LogP contribution is -2.24. The predicted molar refractivity (Wildman–Crippen MR) is 129 cm³/mol. The van der Waals surface area contributed by atoms with Gasteiger partial charge in [-0.15, -0.1) is 0 Å². The molecule has 0 atom stereocenters. The second-order valence-electron chi connectivity index (χ2n) is 8.24. The van der Waals surface area contributed by atoms with Crippen LogP contribution in [0.5, 0.6) is 0 Å². The maximum absolute atomic E-state index is 12.4. The van der Waals surface area contributed by atoms with Crippen molar-refractivity contribution in [1.29, 1.82) is 0 Å². The van der Waals surface area contributed by atoms with Crippen LogP contribution < -0.4 is 10.6 Å². The zero-order chi connectivity index (χ0) is 23.1. The topological polar surface area (TPSA) is 91.8 Å². The van der Waals surface area contributed by atoms with Gasteiger partial charge in [0.15, 0.2) is 10.6 Å². The average Bonchev–Trinajstić information content (AvgIpc) is 3.11. The lowest BCUT2D eigenvalue weighted by atomic mass is 10.1. The quantitative estimate of drug-likeness (QED) is 0.414. The summed E-state index contributed by atoms with van der Waals surface area (Å²) in [6.07, 6.45) is 0.750. The summed E-state index contributed by atoms with van der Waals surface area (Å²) in [7, 11) is 0. The summed E-state index contributed by atoms with van der Waals surface area (Å²) in [4.78, 5) is 24.4. The highest BCUT2D eigenvalue weighted by Crippen LogP contribution is 2.18. The summed E-state index contributed by atoms with van der Waals surface area (Å²) in [5.41, 5.74) is 3.76. The van der Waals surface area contributed by atoms with Crippen molar-refractivity contribution in [2.75, 3.05) is 5.32 Å². The summed E-state index contributed by atoms with van der Waals surface area (Å²) >= 11 is 5.35. The van der Waals surface area contributed by atoms with Crippen LogP contribution in [0.3, 0.4) is 0 Å². The highest BCUT2D eigenvalue weighted by Gasteiger charge is 2.11. The van der Waals surface area contributed by atoms with E-state index in [4.69, 9.17) is 12.2 Å². The Balaban J connectivity index is 1.55. The van der Waals surface area contributed by atoms with Gasteiger partial charge in [-0.05, 0) is 42.8 Å². The van der Waals surface area contributed by atoms with Crippen LogP contribution in [0.2, 0.25) is 0 Å². The van der Waals surface area contributed by atoms with E-state index in [0.29, 0.717) is 36.0 Å². The second kappa shape index (κ2) is 10.9. The van der Waals surface area contributed by atoms with E-state index in [9.17, 15) is 9.59 Å². The molecule has 0 spiro atoms. The van der Waals surface area contributed by atoms with Crippen LogP contribution >= 0.6 is 12.2 Å². The van der Waals surface area contributed by atoms with Gasteiger partial charge in [0.05, 0.1) is 0 Å². The maximum Gasteiger partial charge on any atom is 0.224 e. The number of rotatable bonds is 9. The fraction of sp³-hybridized carbons (Fsp3) is 0.333. The maximum atomic E-state index is 12.4. The van der Waals surface area contributed by atoms with Crippen LogP contribution in [0.4, 0.5) is 5.69 Å². The van der Waals surface area contributed by atoms with E-state index < -0.39 is 0 Å². The highest BCUT2D eigenvalue weighted by molar-refractivity contribution is 7.71. The Morgan fingerprint density at radius 2 is 1.88 bits per heavy atom. The predicted octanol–water partition coefficient (Wildman–Crippen LogP) is 4.61. The molecule has 0 aliphatic rings. The van der Waals surface area contributed by atoms with E-state index in [2.05, 4.69) is 20.8 Å².